The van der Waals surface area contributed by atoms with E-state index in [0.29, 0.717) is 13.0 Å². The highest BCUT2D eigenvalue weighted by Gasteiger charge is 2.10. The number of Topliss-reactive ketones (excluding diaryl/α,β-unsaturated/α-hetero) is 1. The molecule has 98 valence electrons. The van der Waals surface area contributed by atoms with Crippen LogP contribution in [-0.4, -0.2) is 31.3 Å². The van der Waals surface area contributed by atoms with Crippen molar-refractivity contribution in [2.24, 2.45) is 4.99 Å². The summed E-state index contributed by atoms with van der Waals surface area (Å²) in [6.45, 7) is 4.27. The zero-order chi connectivity index (χ0) is 12.1. The van der Waals surface area contributed by atoms with Gasteiger partial charge in [-0.15, -0.1) is 12.4 Å². The first-order valence-corrected chi connectivity index (χ1v) is 5.94. The van der Waals surface area contributed by atoms with Crippen LogP contribution in [0.2, 0.25) is 0 Å². The van der Waals surface area contributed by atoms with Gasteiger partial charge in [0.2, 0.25) is 0 Å². The minimum Gasteiger partial charge on any atom is -0.377 e. The van der Waals surface area contributed by atoms with Crippen molar-refractivity contribution in [2.45, 2.75) is 13.3 Å². The predicted octanol–water partition coefficient (Wildman–Crippen LogP) is 2.11. The van der Waals surface area contributed by atoms with Crippen LogP contribution in [0.5, 0.6) is 0 Å². The number of nitrogens with one attached hydrogen (secondary N) is 2. The largest absolute Gasteiger partial charge is 0.377 e. The smallest absolute Gasteiger partial charge is 0.164 e. The van der Waals surface area contributed by atoms with Crippen molar-refractivity contribution in [3.8, 4) is 0 Å². The molecule has 0 aliphatic carbocycles. The molecule has 1 aromatic carbocycles. The van der Waals surface area contributed by atoms with E-state index >= 15 is 0 Å². The fourth-order valence-electron chi connectivity index (χ4n) is 1.82. The molecular weight excluding hydrogens is 250 g/mol. The van der Waals surface area contributed by atoms with Crippen LogP contribution in [0.3, 0.4) is 0 Å². The second-order valence-electron chi connectivity index (χ2n) is 3.93. The van der Waals surface area contributed by atoms with Crippen molar-refractivity contribution in [1.29, 1.82) is 0 Å². The van der Waals surface area contributed by atoms with Gasteiger partial charge in [0.15, 0.2) is 5.78 Å². The number of carbonyl (C=O) groups is 1. The lowest BCUT2D eigenvalue weighted by molar-refractivity contribution is 0.0989. The molecule has 0 bridgehead atoms. The third-order valence-corrected chi connectivity index (χ3v) is 2.74. The summed E-state index contributed by atoms with van der Waals surface area (Å²) in [6.07, 6.45) is 0.526. The summed E-state index contributed by atoms with van der Waals surface area (Å²) in [5.74, 6) is 1.12. The number of anilines is 1. The number of ketones is 1. The number of nitrogens with zero attached hydrogens (tertiary/aromatic N) is 1. The minimum absolute atomic E-state index is 0. The number of carbonyl (C=O) groups excluding carboxylic acids is 1. The number of hydrogen-bond donors (Lipinski definition) is 2. The molecule has 0 amide bonds. The van der Waals surface area contributed by atoms with Gasteiger partial charge in [0, 0.05) is 24.2 Å². The van der Waals surface area contributed by atoms with Crippen molar-refractivity contribution in [3.05, 3.63) is 29.8 Å². The number of aliphatic imine (C=N–C) groups is 1. The van der Waals surface area contributed by atoms with Gasteiger partial charge in [-0.3, -0.25) is 9.79 Å². The van der Waals surface area contributed by atoms with Gasteiger partial charge in [0.25, 0.3) is 0 Å². The molecule has 0 saturated carbocycles. The zero-order valence-corrected chi connectivity index (χ0v) is 11.2. The van der Waals surface area contributed by atoms with E-state index in [4.69, 9.17) is 0 Å². The molecule has 0 fully saturated rings. The molecule has 0 spiro atoms. The number of rotatable bonds is 5. The number of halogens is 1. The van der Waals surface area contributed by atoms with Gasteiger partial charge in [0.1, 0.15) is 5.84 Å². The van der Waals surface area contributed by atoms with E-state index in [1.165, 1.54) is 0 Å². The normalized spacial score (nSPS) is 13.3. The first-order valence-electron chi connectivity index (χ1n) is 5.94. The minimum atomic E-state index is 0. The molecule has 5 heteroatoms. The molecule has 2 rings (SSSR count). The first-order chi connectivity index (χ1) is 8.31. The Morgan fingerprint density at radius 1 is 1.44 bits per heavy atom. The number of amidine groups is 1. The lowest BCUT2D eigenvalue weighted by Gasteiger charge is -2.10. The van der Waals surface area contributed by atoms with E-state index in [1.54, 1.807) is 0 Å². The Hall–Kier alpha value is -1.55. The average Bonchev–Trinajstić information content (AvgIpc) is 2.89. The molecular formula is C13H18ClN3O. The third-order valence-electron chi connectivity index (χ3n) is 2.74. The summed E-state index contributed by atoms with van der Waals surface area (Å²) in [4.78, 5) is 16.0. The van der Waals surface area contributed by atoms with E-state index in [2.05, 4.69) is 15.6 Å². The average molecular weight is 268 g/mol. The highest BCUT2D eigenvalue weighted by Crippen LogP contribution is 2.16. The highest BCUT2D eigenvalue weighted by molar-refractivity contribution is 6.01. The van der Waals surface area contributed by atoms with Gasteiger partial charge in [0.05, 0.1) is 13.1 Å². The van der Waals surface area contributed by atoms with E-state index < -0.39 is 0 Å². The quantitative estimate of drug-likeness (QED) is 0.804. The first kappa shape index (κ1) is 14.5. The van der Waals surface area contributed by atoms with Crippen LogP contribution in [0.15, 0.2) is 29.3 Å². The molecule has 2 N–H and O–H groups in total. The van der Waals surface area contributed by atoms with Crippen LogP contribution in [0.4, 0.5) is 5.69 Å². The van der Waals surface area contributed by atoms with E-state index in [0.717, 1.165) is 30.2 Å². The maximum absolute atomic E-state index is 11.7. The SMILES string of the molecule is CCC(=O)c1ccccc1NCC1=NCCN1.Cl. The second-order valence-corrected chi connectivity index (χ2v) is 3.93. The van der Waals surface area contributed by atoms with Gasteiger partial charge in [-0.2, -0.15) is 0 Å². The fourth-order valence-corrected chi connectivity index (χ4v) is 1.82. The summed E-state index contributed by atoms with van der Waals surface area (Å²) in [7, 11) is 0. The van der Waals surface area contributed by atoms with Crippen LogP contribution in [0.1, 0.15) is 23.7 Å². The Balaban J connectivity index is 0.00000162. The van der Waals surface area contributed by atoms with E-state index in [9.17, 15) is 4.79 Å². The third kappa shape index (κ3) is 3.47. The Bertz CT molecular complexity index is 446. The highest BCUT2D eigenvalue weighted by atomic mass is 35.5. The number of hydrogen-bond acceptors (Lipinski definition) is 4. The molecule has 4 nitrogen and oxygen atoms in total. The van der Waals surface area contributed by atoms with Crippen LogP contribution in [-0.2, 0) is 0 Å². The fraction of sp³-hybridized carbons (Fsp3) is 0.385. The standard InChI is InChI=1S/C13H17N3O.ClH/c1-2-12(17)10-5-3-4-6-11(10)16-9-13-14-7-8-15-13;/h3-6,16H,2,7-9H2,1H3,(H,14,15);1H. The molecule has 0 unspecified atom stereocenters. The van der Waals surface area contributed by atoms with Crippen LogP contribution < -0.4 is 10.6 Å². The molecule has 1 aliphatic rings. The topological polar surface area (TPSA) is 53.5 Å². The van der Waals surface area contributed by atoms with Gasteiger partial charge in [-0.1, -0.05) is 19.1 Å². The summed E-state index contributed by atoms with van der Waals surface area (Å²) in [6, 6.07) is 7.61. The summed E-state index contributed by atoms with van der Waals surface area (Å²) in [5, 5.41) is 6.45. The monoisotopic (exact) mass is 267 g/mol. The molecule has 1 heterocycles. The number of para-hydroxylation sites is 1. The summed E-state index contributed by atoms with van der Waals surface area (Å²) >= 11 is 0. The predicted molar refractivity (Wildman–Crippen MR) is 77.1 cm³/mol. The van der Waals surface area contributed by atoms with Crippen molar-refractivity contribution >= 4 is 29.7 Å². The van der Waals surface area contributed by atoms with Crippen molar-refractivity contribution in [3.63, 3.8) is 0 Å². The molecule has 0 aromatic heterocycles. The molecule has 0 atom stereocenters. The maximum atomic E-state index is 11.7. The Morgan fingerprint density at radius 2 is 2.22 bits per heavy atom. The van der Waals surface area contributed by atoms with E-state index in [-0.39, 0.29) is 18.2 Å². The Kier molecular flexibility index (Phi) is 5.65. The maximum Gasteiger partial charge on any atom is 0.164 e. The van der Waals surface area contributed by atoms with Gasteiger partial charge in [-0.25, -0.2) is 0 Å². The van der Waals surface area contributed by atoms with Crippen LogP contribution >= 0.6 is 12.4 Å². The van der Waals surface area contributed by atoms with E-state index in [1.807, 2.05) is 31.2 Å². The second kappa shape index (κ2) is 7.01. The van der Waals surface area contributed by atoms with Crippen molar-refractivity contribution in [1.82, 2.24) is 5.32 Å². The molecule has 0 radical (unpaired) electrons. The van der Waals surface area contributed by atoms with Gasteiger partial charge >= 0.3 is 0 Å². The zero-order valence-electron chi connectivity index (χ0n) is 10.4. The molecule has 1 aliphatic heterocycles. The number of benzene rings is 1. The Labute approximate surface area is 113 Å². The molecule has 18 heavy (non-hydrogen) atoms. The van der Waals surface area contributed by atoms with Gasteiger partial charge in [-0.05, 0) is 12.1 Å². The lowest BCUT2D eigenvalue weighted by Crippen LogP contribution is -2.26. The van der Waals surface area contributed by atoms with Crippen molar-refractivity contribution in [2.75, 3.05) is 25.0 Å². The summed E-state index contributed by atoms with van der Waals surface area (Å²) < 4.78 is 0. The molecule has 1 aromatic rings. The van der Waals surface area contributed by atoms with Crippen LogP contribution in [0.25, 0.3) is 0 Å². The summed E-state index contributed by atoms with van der Waals surface area (Å²) in [5.41, 5.74) is 1.64. The Morgan fingerprint density at radius 3 is 2.89 bits per heavy atom. The van der Waals surface area contributed by atoms with Crippen LogP contribution in [0, 0.1) is 0 Å². The van der Waals surface area contributed by atoms with Gasteiger partial charge < -0.3 is 10.6 Å². The molecule has 0 saturated heterocycles. The van der Waals surface area contributed by atoms with Crippen molar-refractivity contribution < 1.29 is 4.79 Å². The lowest BCUT2D eigenvalue weighted by atomic mass is 10.1.